The van der Waals surface area contributed by atoms with Crippen molar-refractivity contribution in [3.8, 4) is 6.07 Å². The van der Waals surface area contributed by atoms with Crippen LogP contribution in [0.15, 0.2) is 23.2 Å². The second kappa shape index (κ2) is 7.88. The molecule has 0 radical (unpaired) electrons. The Morgan fingerprint density at radius 1 is 1.33 bits per heavy atom. The molecule has 5 nitrogen and oxygen atoms in total. The van der Waals surface area contributed by atoms with E-state index in [1.807, 2.05) is 0 Å². The molecule has 0 aliphatic carbocycles. The summed E-state index contributed by atoms with van der Waals surface area (Å²) in [7, 11) is 0. The Kier molecular flexibility index (Phi) is 5.88. The van der Waals surface area contributed by atoms with Gasteiger partial charge in [0.2, 0.25) is 5.91 Å². The van der Waals surface area contributed by atoms with Crippen molar-refractivity contribution in [3.05, 3.63) is 52.2 Å². The Hall–Kier alpha value is -2.46. The minimum absolute atomic E-state index is 0.144. The van der Waals surface area contributed by atoms with Crippen molar-refractivity contribution in [2.45, 2.75) is 32.3 Å². The summed E-state index contributed by atoms with van der Waals surface area (Å²) in [4.78, 5) is 20.3. The van der Waals surface area contributed by atoms with Crippen LogP contribution in [0.2, 0.25) is 0 Å². The van der Waals surface area contributed by atoms with Gasteiger partial charge in [0.05, 0.1) is 11.4 Å². The van der Waals surface area contributed by atoms with Crippen LogP contribution in [0.25, 0.3) is 0 Å². The van der Waals surface area contributed by atoms with Crippen molar-refractivity contribution in [2.75, 3.05) is 5.75 Å². The van der Waals surface area contributed by atoms with Crippen LogP contribution < -0.4 is 5.32 Å². The van der Waals surface area contributed by atoms with E-state index < -0.39 is 0 Å². The number of hydrogen-bond acceptors (Lipinski definition) is 5. The summed E-state index contributed by atoms with van der Waals surface area (Å²) < 4.78 is 13.2. The van der Waals surface area contributed by atoms with Crippen molar-refractivity contribution >= 4 is 17.7 Å². The fourth-order valence-corrected chi connectivity index (χ4v) is 3.02. The quantitative estimate of drug-likeness (QED) is 0.666. The third-order valence-corrected chi connectivity index (χ3v) is 4.31. The lowest BCUT2D eigenvalue weighted by Gasteiger charge is -2.08. The highest BCUT2D eigenvalue weighted by Gasteiger charge is 2.12. The molecule has 1 heterocycles. The fourth-order valence-electron chi connectivity index (χ4n) is 2.12. The van der Waals surface area contributed by atoms with Gasteiger partial charge >= 0.3 is 0 Å². The van der Waals surface area contributed by atoms with Crippen LogP contribution in [0.3, 0.4) is 0 Å². The molecule has 0 unspecified atom stereocenters. The summed E-state index contributed by atoms with van der Waals surface area (Å²) in [6, 6.07) is 6.80. The zero-order chi connectivity index (χ0) is 17.7. The highest BCUT2D eigenvalue weighted by molar-refractivity contribution is 8.00. The van der Waals surface area contributed by atoms with Crippen LogP contribution in [0, 0.1) is 37.9 Å². The van der Waals surface area contributed by atoms with Crippen LogP contribution in [0.1, 0.15) is 28.2 Å². The van der Waals surface area contributed by atoms with Gasteiger partial charge in [0.1, 0.15) is 28.3 Å². The Morgan fingerprint density at radius 3 is 2.75 bits per heavy atom. The predicted molar refractivity (Wildman–Crippen MR) is 89.9 cm³/mol. The lowest BCUT2D eigenvalue weighted by Crippen LogP contribution is -2.24. The number of thioether (sulfide) groups is 1. The van der Waals surface area contributed by atoms with Crippen molar-refractivity contribution in [1.29, 1.82) is 5.26 Å². The van der Waals surface area contributed by atoms with Gasteiger partial charge in [-0.2, -0.15) is 5.26 Å². The van der Waals surface area contributed by atoms with Crippen molar-refractivity contribution in [2.24, 2.45) is 0 Å². The van der Waals surface area contributed by atoms with Crippen LogP contribution in [-0.4, -0.2) is 21.6 Å². The first-order valence-electron chi connectivity index (χ1n) is 7.30. The molecule has 1 aromatic carbocycles. The smallest absolute Gasteiger partial charge is 0.230 e. The summed E-state index contributed by atoms with van der Waals surface area (Å²) in [5.41, 5.74) is 2.38. The molecule has 124 valence electrons. The van der Waals surface area contributed by atoms with Gasteiger partial charge in [-0.15, -0.1) is 0 Å². The number of carbonyl (C=O) groups excluding carboxylic acids is 1. The number of aryl methyl sites for hydroxylation is 3. The molecule has 7 heteroatoms. The predicted octanol–water partition coefficient (Wildman–Crippen LogP) is 2.82. The number of nitrogens with one attached hydrogen (secondary N) is 1. The second-order valence-corrected chi connectivity index (χ2v) is 6.26. The van der Waals surface area contributed by atoms with Gasteiger partial charge in [-0.25, -0.2) is 14.4 Å². The highest BCUT2D eigenvalue weighted by atomic mass is 32.2. The number of amides is 1. The molecule has 0 spiro atoms. The Morgan fingerprint density at radius 2 is 2.08 bits per heavy atom. The van der Waals surface area contributed by atoms with Gasteiger partial charge in [-0.05, 0) is 38.0 Å². The molecule has 1 aromatic heterocycles. The lowest BCUT2D eigenvalue weighted by atomic mass is 10.1. The molecule has 1 N–H and O–H groups in total. The third kappa shape index (κ3) is 4.52. The molecule has 0 saturated carbocycles. The van der Waals surface area contributed by atoms with Crippen LogP contribution in [-0.2, 0) is 11.3 Å². The standard InChI is InChI=1S/C17H17FN4OS/c1-10-6-13(4-5-15(10)18)8-20-16(23)9-24-17-14(7-19)11(2)21-12(3)22-17/h4-6H,8-9H2,1-3H3,(H,20,23). The summed E-state index contributed by atoms with van der Waals surface area (Å²) in [5.74, 6) is 0.264. The number of nitrogens with zero attached hydrogens (tertiary/aromatic N) is 3. The summed E-state index contributed by atoms with van der Waals surface area (Å²) in [5, 5.41) is 12.5. The van der Waals surface area contributed by atoms with Crippen LogP contribution in [0.5, 0.6) is 0 Å². The van der Waals surface area contributed by atoms with E-state index >= 15 is 0 Å². The molecular weight excluding hydrogens is 327 g/mol. The van der Waals surface area contributed by atoms with E-state index in [-0.39, 0.29) is 17.5 Å². The third-order valence-electron chi connectivity index (χ3n) is 3.33. The summed E-state index contributed by atoms with van der Waals surface area (Å²) in [6.07, 6.45) is 0. The van der Waals surface area contributed by atoms with E-state index in [9.17, 15) is 14.4 Å². The normalized spacial score (nSPS) is 10.3. The van der Waals surface area contributed by atoms with Gasteiger partial charge in [0, 0.05) is 6.54 Å². The molecule has 0 aliphatic heterocycles. The summed E-state index contributed by atoms with van der Waals surface area (Å²) >= 11 is 1.20. The number of aromatic nitrogens is 2. The van der Waals surface area contributed by atoms with Gasteiger partial charge in [-0.3, -0.25) is 4.79 Å². The SMILES string of the molecule is Cc1nc(C)c(C#N)c(SCC(=O)NCc2ccc(F)c(C)c2)n1. The van der Waals surface area contributed by atoms with Gasteiger partial charge in [0.25, 0.3) is 0 Å². The lowest BCUT2D eigenvalue weighted by molar-refractivity contribution is -0.118. The minimum Gasteiger partial charge on any atom is -0.351 e. The molecule has 1 amide bonds. The number of hydrogen-bond donors (Lipinski definition) is 1. The van der Waals surface area contributed by atoms with Crippen molar-refractivity contribution in [3.63, 3.8) is 0 Å². The molecule has 2 rings (SSSR count). The Labute approximate surface area is 144 Å². The molecule has 0 bridgehead atoms. The maximum Gasteiger partial charge on any atom is 0.230 e. The highest BCUT2D eigenvalue weighted by Crippen LogP contribution is 2.21. The number of carbonyl (C=O) groups is 1. The molecular formula is C17H17FN4OS. The zero-order valence-corrected chi connectivity index (χ0v) is 14.5. The van der Waals surface area contributed by atoms with E-state index in [1.165, 1.54) is 17.8 Å². The molecule has 0 fully saturated rings. The van der Waals surface area contributed by atoms with Gasteiger partial charge in [-0.1, -0.05) is 23.9 Å². The summed E-state index contributed by atoms with van der Waals surface area (Å²) in [6.45, 7) is 5.50. The maximum atomic E-state index is 13.2. The first-order valence-corrected chi connectivity index (χ1v) is 8.29. The minimum atomic E-state index is -0.265. The van der Waals surface area contributed by atoms with Crippen LogP contribution >= 0.6 is 11.8 Å². The topological polar surface area (TPSA) is 78.7 Å². The van der Waals surface area contributed by atoms with E-state index in [0.717, 1.165) is 5.56 Å². The Balaban J connectivity index is 1.94. The van der Waals surface area contributed by atoms with E-state index in [0.29, 0.717) is 34.2 Å². The van der Waals surface area contributed by atoms with E-state index in [4.69, 9.17) is 0 Å². The average molecular weight is 344 g/mol. The molecule has 0 saturated heterocycles. The van der Waals surface area contributed by atoms with Gasteiger partial charge < -0.3 is 5.32 Å². The number of benzene rings is 1. The molecule has 24 heavy (non-hydrogen) atoms. The number of halogens is 1. The monoisotopic (exact) mass is 344 g/mol. The first kappa shape index (κ1) is 17.9. The van der Waals surface area contributed by atoms with Crippen molar-refractivity contribution < 1.29 is 9.18 Å². The second-order valence-electron chi connectivity index (χ2n) is 5.30. The average Bonchev–Trinajstić information content (AvgIpc) is 2.53. The molecule has 0 aliphatic rings. The molecule has 2 aromatic rings. The zero-order valence-electron chi connectivity index (χ0n) is 13.7. The van der Waals surface area contributed by atoms with Gasteiger partial charge in [0.15, 0.2) is 0 Å². The number of rotatable bonds is 5. The maximum absolute atomic E-state index is 13.2. The number of nitriles is 1. The largest absolute Gasteiger partial charge is 0.351 e. The van der Waals surface area contributed by atoms with Crippen molar-refractivity contribution in [1.82, 2.24) is 15.3 Å². The first-order chi connectivity index (χ1) is 11.4. The Bertz CT molecular complexity index is 817. The van der Waals surface area contributed by atoms with E-state index in [1.54, 1.807) is 32.9 Å². The van der Waals surface area contributed by atoms with Crippen LogP contribution in [0.4, 0.5) is 4.39 Å². The van der Waals surface area contributed by atoms with E-state index in [2.05, 4.69) is 21.4 Å². The molecule has 0 atom stereocenters. The fraction of sp³-hybridized carbons (Fsp3) is 0.294.